The minimum Gasteiger partial charge on any atom is -0.496 e. The average molecular weight is 427 g/mol. The zero-order valence-electron chi connectivity index (χ0n) is 16.3. The molecule has 2 aromatic carbocycles. The third-order valence-corrected chi connectivity index (χ3v) is 4.63. The smallest absolute Gasteiger partial charge is 0.437 e. The Labute approximate surface area is 174 Å². The number of methoxy groups -OCH3 is 1. The van der Waals surface area contributed by atoms with Gasteiger partial charge >= 0.3 is 11.9 Å². The van der Waals surface area contributed by atoms with Crippen molar-refractivity contribution in [3.8, 4) is 28.5 Å². The highest BCUT2D eigenvalue weighted by Gasteiger charge is 2.30. The fourth-order valence-electron chi connectivity index (χ4n) is 3.08. The van der Waals surface area contributed by atoms with Gasteiger partial charge in [0.25, 0.3) is 0 Å². The van der Waals surface area contributed by atoms with Gasteiger partial charge in [-0.3, -0.25) is 4.98 Å². The first-order valence-corrected chi connectivity index (χ1v) is 9.19. The third-order valence-electron chi connectivity index (χ3n) is 4.63. The first-order valence-electron chi connectivity index (χ1n) is 9.19. The zero-order valence-corrected chi connectivity index (χ0v) is 16.3. The molecular formula is C22H16F3N3O3. The van der Waals surface area contributed by atoms with Gasteiger partial charge in [0.1, 0.15) is 5.75 Å². The number of hydrogen-bond donors (Lipinski definition) is 0. The van der Waals surface area contributed by atoms with E-state index in [0.717, 1.165) is 28.1 Å². The Hall–Kier alpha value is -3.88. The number of aromatic nitrogens is 3. The second kappa shape index (κ2) is 8.10. The molecule has 2 aromatic heterocycles. The molecule has 2 heterocycles. The Morgan fingerprint density at radius 1 is 1.03 bits per heavy atom. The minimum atomic E-state index is -4.45. The van der Waals surface area contributed by atoms with Crippen LogP contribution in [0.15, 0.2) is 76.1 Å². The molecule has 0 atom stereocenters. The number of nitrogens with zero attached hydrogens (tertiary/aromatic N) is 3. The molecule has 0 unspecified atom stereocenters. The van der Waals surface area contributed by atoms with E-state index in [1.54, 1.807) is 12.3 Å². The largest absolute Gasteiger partial charge is 0.496 e. The fourth-order valence-corrected chi connectivity index (χ4v) is 3.08. The highest BCUT2D eigenvalue weighted by molar-refractivity contribution is 5.62. The van der Waals surface area contributed by atoms with Gasteiger partial charge in [-0.15, -0.1) is 5.10 Å². The molecule has 31 heavy (non-hydrogen) atoms. The van der Waals surface area contributed by atoms with E-state index in [1.165, 1.54) is 19.2 Å². The van der Waals surface area contributed by atoms with Gasteiger partial charge in [-0.2, -0.15) is 17.9 Å². The van der Waals surface area contributed by atoms with Crippen LogP contribution in [-0.2, 0) is 12.7 Å². The van der Waals surface area contributed by atoms with Crippen LogP contribution in [0.1, 0.15) is 11.1 Å². The zero-order chi connectivity index (χ0) is 22.0. The average Bonchev–Trinajstić information content (AvgIpc) is 3.14. The summed E-state index contributed by atoms with van der Waals surface area (Å²) in [4.78, 5) is 16.6. The normalized spacial score (nSPS) is 11.5. The molecule has 4 rings (SSSR count). The van der Waals surface area contributed by atoms with E-state index in [-0.39, 0.29) is 18.0 Å². The van der Waals surface area contributed by atoms with Gasteiger partial charge in [-0.1, -0.05) is 6.07 Å². The summed E-state index contributed by atoms with van der Waals surface area (Å²) in [6, 6.07) is 15.2. The summed E-state index contributed by atoms with van der Waals surface area (Å²) >= 11 is 0. The molecule has 0 aliphatic heterocycles. The van der Waals surface area contributed by atoms with Crippen LogP contribution in [0.25, 0.3) is 22.7 Å². The molecular weight excluding hydrogens is 411 g/mol. The van der Waals surface area contributed by atoms with E-state index in [4.69, 9.17) is 9.15 Å². The second-order valence-electron chi connectivity index (χ2n) is 6.65. The van der Waals surface area contributed by atoms with Crippen molar-refractivity contribution in [3.63, 3.8) is 0 Å². The lowest BCUT2D eigenvalue weighted by molar-refractivity contribution is -0.137. The van der Waals surface area contributed by atoms with E-state index in [9.17, 15) is 18.0 Å². The first kappa shape index (κ1) is 20.4. The molecule has 6 nitrogen and oxygen atoms in total. The van der Waals surface area contributed by atoms with Crippen molar-refractivity contribution < 1.29 is 22.3 Å². The predicted molar refractivity (Wildman–Crippen MR) is 107 cm³/mol. The maximum atomic E-state index is 12.7. The molecule has 9 heteroatoms. The van der Waals surface area contributed by atoms with Gasteiger partial charge in [-0.05, 0) is 54.6 Å². The van der Waals surface area contributed by atoms with E-state index < -0.39 is 17.5 Å². The summed E-state index contributed by atoms with van der Waals surface area (Å²) in [7, 11) is 1.51. The van der Waals surface area contributed by atoms with Gasteiger partial charge < -0.3 is 9.15 Å². The summed E-state index contributed by atoms with van der Waals surface area (Å²) in [6.07, 6.45) is -2.77. The van der Waals surface area contributed by atoms with E-state index in [2.05, 4.69) is 10.1 Å². The Morgan fingerprint density at radius 2 is 1.77 bits per heavy atom. The first-order chi connectivity index (χ1) is 14.8. The second-order valence-corrected chi connectivity index (χ2v) is 6.65. The number of alkyl halides is 3. The molecule has 0 bridgehead atoms. The van der Waals surface area contributed by atoms with Gasteiger partial charge in [0.2, 0.25) is 5.89 Å². The van der Waals surface area contributed by atoms with Crippen molar-refractivity contribution >= 4 is 0 Å². The maximum absolute atomic E-state index is 12.7. The lowest BCUT2D eigenvalue weighted by Gasteiger charge is -2.10. The van der Waals surface area contributed by atoms with Gasteiger partial charge in [0.05, 0.1) is 24.9 Å². The summed E-state index contributed by atoms with van der Waals surface area (Å²) in [5, 5.41) is 4.13. The van der Waals surface area contributed by atoms with Crippen LogP contribution in [0.4, 0.5) is 13.2 Å². The van der Waals surface area contributed by atoms with E-state index >= 15 is 0 Å². The number of rotatable bonds is 5. The minimum absolute atomic E-state index is 0.0484. The molecule has 0 spiro atoms. The van der Waals surface area contributed by atoms with Gasteiger partial charge in [0, 0.05) is 22.9 Å². The number of benzene rings is 2. The Balaban J connectivity index is 1.65. The monoisotopic (exact) mass is 427 g/mol. The Morgan fingerprint density at radius 3 is 2.42 bits per heavy atom. The Kier molecular flexibility index (Phi) is 5.33. The van der Waals surface area contributed by atoms with Crippen molar-refractivity contribution in [2.24, 2.45) is 0 Å². The molecule has 158 valence electrons. The number of pyridine rings is 1. The third kappa shape index (κ3) is 4.35. The van der Waals surface area contributed by atoms with Crippen LogP contribution in [0.3, 0.4) is 0 Å². The number of ether oxygens (including phenoxy) is 1. The van der Waals surface area contributed by atoms with E-state index in [1.807, 2.05) is 30.3 Å². The lowest BCUT2D eigenvalue weighted by Crippen LogP contribution is -2.17. The van der Waals surface area contributed by atoms with Crippen LogP contribution < -0.4 is 10.5 Å². The predicted octanol–water partition coefficient (Wildman–Crippen LogP) is 4.64. The van der Waals surface area contributed by atoms with E-state index in [0.29, 0.717) is 11.3 Å². The molecule has 0 aliphatic rings. The van der Waals surface area contributed by atoms with Crippen molar-refractivity contribution in [3.05, 3.63) is 88.5 Å². The SMILES string of the molecule is COc1ccc(-c2ccccn2)cc1Cn1nc(-c2ccc(C(F)(F)F)cc2)oc1=O. The van der Waals surface area contributed by atoms with Crippen LogP contribution in [0.5, 0.6) is 5.75 Å². The molecule has 0 fully saturated rings. The standard InChI is InChI=1S/C22H16F3N3O3/c1-30-19-10-7-15(18-4-2-3-11-26-18)12-16(19)13-28-21(29)31-20(27-28)14-5-8-17(9-6-14)22(23,24)25/h2-12H,13H2,1H3. The summed E-state index contributed by atoms with van der Waals surface area (Å²) in [5.74, 6) is -0.260. The van der Waals surface area contributed by atoms with Crippen molar-refractivity contribution in [1.29, 1.82) is 0 Å². The molecule has 4 aromatic rings. The highest BCUT2D eigenvalue weighted by Crippen LogP contribution is 2.30. The van der Waals surface area contributed by atoms with Crippen molar-refractivity contribution in [2.45, 2.75) is 12.7 Å². The van der Waals surface area contributed by atoms with Crippen molar-refractivity contribution in [2.75, 3.05) is 7.11 Å². The summed E-state index contributed by atoms with van der Waals surface area (Å²) in [5.41, 5.74) is 1.72. The fraction of sp³-hybridized carbons (Fsp3) is 0.136. The number of hydrogen-bond acceptors (Lipinski definition) is 5. The molecule has 0 radical (unpaired) electrons. The molecule has 0 amide bonds. The van der Waals surface area contributed by atoms with Crippen LogP contribution >= 0.6 is 0 Å². The Bertz CT molecular complexity index is 1250. The molecule has 0 aliphatic carbocycles. The maximum Gasteiger partial charge on any atom is 0.437 e. The molecule has 0 saturated heterocycles. The highest BCUT2D eigenvalue weighted by atomic mass is 19.4. The van der Waals surface area contributed by atoms with Crippen LogP contribution in [-0.4, -0.2) is 21.9 Å². The molecule has 0 N–H and O–H groups in total. The van der Waals surface area contributed by atoms with Gasteiger partial charge in [-0.25, -0.2) is 4.79 Å². The summed E-state index contributed by atoms with van der Waals surface area (Å²) < 4.78 is 49.9. The van der Waals surface area contributed by atoms with Crippen LogP contribution in [0.2, 0.25) is 0 Å². The topological polar surface area (TPSA) is 70.2 Å². The van der Waals surface area contributed by atoms with Crippen molar-refractivity contribution in [1.82, 2.24) is 14.8 Å². The quantitative estimate of drug-likeness (QED) is 0.464. The molecule has 0 saturated carbocycles. The number of halogens is 3. The summed E-state index contributed by atoms with van der Waals surface area (Å²) in [6.45, 7) is 0.0484. The lowest BCUT2D eigenvalue weighted by atomic mass is 10.1. The van der Waals surface area contributed by atoms with Crippen LogP contribution in [0, 0.1) is 0 Å². The van der Waals surface area contributed by atoms with Gasteiger partial charge in [0.15, 0.2) is 0 Å².